The summed E-state index contributed by atoms with van der Waals surface area (Å²) >= 11 is 5.94. The highest BCUT2D eigenvalue weighted by atomic mass is 35.5. The van der Waals surface area contributed by atoms with Crippen molar-refractivity contribution in [1.29, 1.82) is 0 Å². The first-order valence-electron chi connectivity index (χ1n) is 9.34. The van der Waals surface area contributed by atoms with Crippen molar-refractivity contribution < 1.29 is 9.90 Å². The summed E-state index contributed by atoms with van der Waals surface area (Å²) < 4.78 is 0. The van der Waals surface area contributed by atoms with Crippen molar-refractivity contribution in [2.24, 2.45) is 0 Å². The molecule has 1 aromatic heterocycles. The number of hydrogen-bond acceptors (Lipinski definition) is 4. The molecule has 6 heteroatoms. The van der Waals surface area contributed by atoms with Gasteiger partial charge in [-0.1, -0.05) is 41.4 Å². The Bertz CT molecular complexity index is 771. The molecule has 0 spiro atoms. The molecular weight excluding hydrogens is 362 g/mol. The average molecular weight is 388 g/mol. The highest BCUT2D eigenvalue weighted by Gasteiger charge is 2.32. The highest BCUT2D eigenvalue weighted by Crippen LogP contribution is 2.26. The van der Waals surface area contributed by atoms with Crippen molar-refractivity contribution >= 4 is 17.5 Å². The van der Waals surface area contributed by atoms with E-state index in [9.17, 15) is 9.90 Å². The van der Waals surface area contributed by atoms with Crippen molar-refractivity contribution in [3.05, 3.63) is 64.4 Å². The minimum absolute atomic E-state index is 0.193. The van der Waals surface area contributed by atoms with Crippen LogP contribution in [0.25, 0.3) is 0 Å². The molecule has 27 heavy (non-hydrogen) atoms. The first kappa shape index (κ1) is 19.8. The molecule has 1 fully saturated rings. The van der Waals surface area contributed by atoms with E-state index < -0.39 is 5.60 Å². The Morgan fingerprint density at radius 1 is 1.26 bits per heavy atom. The maximum atomic E-state index is 12.2. The van der Waals surface area contributed by atoms with Crippen molar-refractivity contribution in [2.75, 3.05) is 19.6 Å². The molecule has 0 radical (unpaired) electrons. The second-order valence-electron chi connectivity index (χ2n) is 7.33. The second-order valence-corrected chi connectivity index (χ2v) is 7.69. The van der Waals surface area contributed by atoms with Gasteiger partial charge in [0.15, 0.2) is 0 Å². The van der Waals surface area contributed by atoms with Crippen molar-refractivity contribution in [3.63, 3.8) is 0 Å². The lowest BCUT2D eigenvalue weighted by Gasteiger charge is -2.38. The maximum absolute atomic E-state index is 12.2. The van der Waals surface area contributed by atoms with Crippen LogP contribution in [0.2, 0.25) is 5.15 Å². The summed E-state index contributed by atoms with van der Waals surface area (Å²) in [5, 5.41) is 13.8. The number of nitrogens with zero attached hydrogens (tertiary/aromatic N) is 2. The van der Waals surface area contributed by atoms with Gasteiger partial charge in [-0.15, -0.1) is 0 Å². The van der Waals surface area contributed by atoms with E-state index in [-0.39, 0.29) is 11.1 Å². The number of rotatable bonds is 6. The van der Waals surface area contributed by atoms with Crippen LogP contribution in [0.5, 0.6) is 0 Å². The molecule has 1 aromatic carbocycles. The number of hydrogen-bond donors (Lipinski definition) is 2. The van der Waals surface area contributed by atoms with E-state index in [1.54, 1.807) is 18.3 Å². The highest BCUT2D eigenvalue weighted by molar-refractivity contribution is 6.32. The van der Waals surface area contributed by atoms with Gasteiger partial charge in [-0.25, -0.2) is 4.98 Å². The number of carbonyl (C=O) groups excluding carboxylic acids is 1. The lowest BCUT2D eigenvalue weighted by atomic mass is 9.88. The molecule has 1 amide bonds. The number of halogens is 1. The van der Waals surface area contributed by atoms with Crippen molar-refractivity contribution in [2.45, 2.75) is 38.3 Å². The molecule has 2 N–H and O–H groups in total. The zero-order valence-corrected chi connectivity index (χ0v) is 16.4. The lowest BCUT2D eigenvalue weighted by Crippen LogP contribution is -2.45. The van der Waals surface area contributed by atoms with E-state index in [2.05, 4.69) is 46.4 Å². The number of pyridine rings is 1. The lowest BCUT2D eigenvalue weighted by molar-refractivity contribution is -0.0284. The number of aliphatic hydroxyl groups is 1. The summed E-state index contributed by atoms with van der Waals surface area (Å²) in [6.07, 6.45) is 3.51. The molecule has 0 aliphatic carbocycles. The summed E-state index contributed by atoms with van der Waals surface area (Å²) in [7, 11) is 0. The molecule has 1 aliphatic rings. The SMILES string of the molecule is Cc1ccc(CN2CCC(O)(CCNC(=O)c3cccnc3Cl)CC2)cc1. The van der Waals surface area contributed by atoms with Crippen LogP contribution < -0.4 is 5.32 Å². The molecule has 2 aromatic rings. The molecule has 144 valence electrons. The van der Waals surface area contributed by atoms with Gasteiger partial charge in [0.25, 0.3) is 5.91 Å². The third kappa shape index (κ3) is 5.51. The fourth-order valence-corrected chi connectivity index (χ4v) is 3.59. The van der Waals surface area contributed by atoms with Crippen LogP contribution in [0.4, 0.5) is 0 Å². The first-order valence-corrected chi connectivity index (χ1v) is 9.72. The van der Waals surface area contributed by atoms with Gasteiger partial charge in [-0.2, -0.15) is 0 Å². The van der Waals surface area contributed by atoms with Gasteiger partial charge >= 0.3 is 0 Å². The number of aromatic nitrogens is 1. The zero-order valence-electron chi connectivity index (χ0n) is 15.6. The number of carbonyl (C=O) groups is 1. The molecule has 0 unspecified atom stereocenters. The van der Waals surface area contributed by atoms with E-state index in [1.807, 2.05) is 0 Å². The van der Waals surface area contributed by atoms with E-state index in [1.165, 1.54) is 11.1 Å². The number of amides is 1. The number of benzene rings is 1. The molecule has 2 heterocycles. The number of nitrogens with one attached hydrogen (secondary N) is 1. The zero-order chi connectivity index (χ0) is 19.3. The van der Waals surface area contributed by atoms with Crippen molar-refractivity contribution in [3.8, 4) is 0 Å². The van der Waals surface area contributed by atoms with Gasteiger partial charge in [-0.05, 0) is 43.9 Å². The molecule has 5 nitrogen and oxygen atoms in total. The Labute approximate surface area is 165 Å². The molecule has 3 rings (SSSR count). The average Bonchev–Trinajstić information content (AvgIpc) is 2.66. The smallest absolute Gasteiger partial charge is 0.254 e. The van der Waals surface area contributed by atoms with Gasteiger partial charge in [-0.3, -0.25) is 9.69 Å². The Balaban J connectivity index is 1.43. The number of likely N-dealkylation sites (tertiary alicyclic amines) is 1. The van der Waals surface area contributed by atoms with Gasteiger partial charge in [0.1, 0.15) is 5.15 Å². The topological polar surface area (TPSA) is 65.5 Å². The third-order valence-electron chi connectivity index (χ3n) is 5.19. The minimum Gasteiger partial charge on any atom is -0.390 e. The predicted molar refractivity (Wildman–Crippen MR) is 107 cm³/mol. The van der Waals surface area contributed by atoms with Crippen LogP contribution in [0, 0.1) is 6.92 Å². The standard InChI is InChI=1S/C21H26ClN3O2/c1-16-4-6-17(7-5-16)15-25-13-9-21(27,10-14-25)8-12-24-20(26)18-3-2-11-23-19(18)22/h2-7,11,27H,8-10,12-15H2,1H3,(H,24,26). The van der Waals surface area contributed by atoms with Crippen LogP contribution in [0.1, 0.15) is 40.7 Å². The summed E-state index contributed by atoms with van der Waals surface area (Å²) in [5.74, 6) is -0.256. The van der Waals surface area contributed by atoms with Gasteiger partial charge < -0.3 is 10.4 Å². The van der Waals surface area contributed by atoms with E-state index >= 15 is 0 Å². The fraction of sp³-hybridized carbons (Fsp3) is 0.429. The number of aryl methyl sites for hydroxylation is 1. The van der Waals surface area contributed by atoms with Gasteiger partial charge in [0, 0.05) is 32.4 Å². The van der Waals surface area contributed by atoms with Crippen LogP contribution >= 0.6 is 11.6 Å². The van der Waals surface area contributed by atoms with Gasteiger partial charge in [0.2, 0.25) is 0 Å². The number of piperidine rings is 1. The predicted octanol–water partition coefficient (Wildman–Crippen LogP) is 3.19. The largest absolute Gasteiger partial charge is 0.390 e. The Morgan fingerprint density at radius 3 is 2.63 bits per heavy atom. The quantitative estimate of drug-likeness (QED) is 0.747. The van der Waals surface area contributed by atoms with Gasteiger partial charge in [0.05, 0.1) is 11.2 Å². The molecule has 1 saturated heterocycles. The minimum atomic E-state index is -0.726. The first-order chi connectivity index (χ1) is 13.0. The van der Waals surface area contributed by atoms with Crippen LogP contribution in [0.3, 0.4) is 0 Å². The molecule has 0 saturated carbocycles. The second kappa shape index (κ2) is 8.83. The Hall–Kier alpha value is -1.95. The van der Waals surface area contributed by atoms with E-state index in [4.69, 9.17) is 11.6 Å². The summed E-state index contributed by atoms with van der Waals surface area (Å²) in [6, 6.07) is 11.9. The van der Waals surface area contributed by atoms with E-state index in [0.29, 0.717) is 31.4 Å². The summed E-state index contributed by atoms with van der Waals surface area (Å²) in [5.41, 5.74) is 2.20. The van der Waals surface area contributed by atoms with Crippen molar-refractivity contribution in [1.82, 2.24) is 15.2 Å². The van der Waals surface area contributed by atoms with Crippen LogP contribution in [-0.4, -0.2) is 46.1 Å². The Morgan fingerprint density at radius 2 is 1.96 bits per heavy atom. The van der Waals surface area contributed by atoms with Crippen LogP contribution in [-0.2, 0) is 6.54 Å². The molecule has 0 bridgehead atoms. The molecule has 1 aliphatic heterocycles. The maximum Gasteiger partial charge on any atom is 0.254 e. The Kier molecular flexibility index (Phi) is 6.47. The van der Waals surface area contributed by atoms with Crippen LogP contribution in [0.15, 0.2) is 42.6 Å². The van der Waals surface area contributed by atoms with E-state index in [0.717, 1.165) is 19.6 Å². The molecule has 0 atom stereocenters. The summed E-state index contributed by atoms with van der Waals surface area (Å²) in [4.78, 5) is 18.4. The summed E-state index contributed by atoms with van der Waals surface area (Å²) in [6.45, 7) is 5.12. The molecular formula is C21H26ClN3O2. The third-order valence-corrected chi connectivity index (χ3v) is 5.49. The normalized spacial score (nSPS) is 16.9. The monoisotopic (exact) mass is 387 g/mol. The fourth-order valence-electron chi connectivity index (χ4n) is 3.39.